The second-order valence-electron chi connectivity index (χ2n) is 6.35. The van der Waals surface area contributed by atoms with Gasteiger partial charge in [0.1, 0.15) is 0 Å². The molecule has 1 amide bonds. The lowest BCUT2D eigenvalue weighted by Gasteiger charge is -2.32. The van der Waals surface area contributed by atoms with Crippen LogP contribution in [0.15, 0.2) is 0 Å². The Morgan fingerprint density at radius 2 is 1.85 bits per heavy atom. The molecule has 1 saturated carbocycles. The van der Waals surface area contributed by atoms with Crippen molar-refractivity contribution in [2.75, 3.05) is 13.2 Å². The Morgan fingerprint density at radius 3 is 2.50 bits per heavy atom. The quantitative estimate of drug-likeness (QED) is 0.822. The summed E-state index contributed by atoms with van der Waals surface area (Å²) < 4.78 is 0. The van der Waals surface area contributed by atoms with Crippen LogP contribution in [0.25, 0.3) is 0 Å². The fourth-order valence-corrected chi connectivity index (χ4v) is 3.71. The molecule has 0 radical (unpaired) electrons. The number of carbonyl (C=O) groups excluding carboxylic acids is 1. The van der Waals surface area contributed by atoms with Gasteiger partial charge < -0.3 is 15.1 Å². The van der Waals surface area contributed by atoms with Gasteiger partial charge in [-0.15, -0.1) is 0 Å². The van der Waals surface area contributed by atoms with Gasteiger partial charge in [0, 0.05) is 6.54 Å². The van der Waals surface area contributed by atoms with E-state index in [4.69, 9.17) is 0 Å². The van der Waals surface area contributed by atoms with Crippen molar-refractivity contribution in [3.63, 3.8) is 0 Å². The zero-order chi connectivity index (χ0) is 14.7. The van der Waals surface area contributed by atoms with Gasteiger partial charge in [-0.25, -0.2) is 0 Å². The molecule has 2 N–H and O–H groups in total. The van der Waals surface area contributed by atoms with Gasteiger partial charge >= 0.3 is 5.97 Å². The predicted molar refractivity (Wildman–Crippen MR) is 74.1 cm³/mol. The van der Waals surface area contributed by atoms with Crippen molar-refractivity contribution in [2.24, 2.45) is 17.8 Å². The number of likely N-dealkylation sites (tertiary alicyclic amines) is 1. The van der Waals surface area contributed by atoms with Crippen molar-refractivity contribution in [3.8, 4) is 0 Å². The standard InChI is InChI=1S/C15H25NO4/c1-10-7-12(13(8-10)15(19)20)14(18)16-6-4-2-3-5-11(16)9-17/h10-13,17H,2-9H2,1H3,(H,19,20). The molecule has 2 aliphatic rings. The Morgan fingerprint density at radius 1 is 1.15 bits per heavy atom. The van der Waals surface area contributed by atoms with Gasteiger partial charge in [0.05, 0.1) is 24.5 Å². The molecule has 1 saturated heterocycles. The van der Waals surface area contributed by atoms with E-state index < -0.39 is 17.8 Å². The maximum Gasteiger partial charge on any atom is 0.307 e. The Balaban J connectivity index is 2.13. The number of hydrogen-bond donors (Lipinski definition) is 2. The predicted octanol–water partition coefficient (Wildman–Crippen LogP) is 1.50. The van der Waals surface area contributed by atoms with Crippen molar-refractivity contribution >= 4 is 11.9 Å². The fourth-order valence-electron chi connectivity index (χ4n) is 3.71. The molecule has 2 fully saturated rings. The van der Waals surface area contributed by atoms with Crippen LogP contribution in [-0.2, 0) is 9.59 Å². The normalized spacial score (nSPS) is 34.8. The number of amides is 1. The summed E-state index contributed by atoms with van der Waals surface area (Å²) in [7, 11) is 0. The highest BCUT2D eigenvalue weighted by Gasteiger charge is 2.43. The molecular weight excluding hydrogens is 258 g/mol. The molecular formula is C15H25NO4. The van der Waals surface area contributed by atoms with Crippen LogP contribution in [-0.4, -0.2) is 46.2 Å². The van der Waals surface area contributed by atoms with Crippen molar-refractivity contribution in [1.29, 1.82) is 0 Å². The van der Waals surface area contributed by atoms with Crippen LogP contribution in [0.4, 0.5) is 0 Å². The third-order valence-corrected chi connectivity index (χ3v) is 4.80. The highest BCUT2D eigenvalue weighted by Crippen LogP contribution is 2.38. The second kappa shape index (κ2) is 6.57. The molecule has 4 atom stereocenters. The summed E-state index contributed by atoms with van der Waals surface area (Å²) in [6, 6.07) is -0.129. The van der Waals surface area contributed by atoms with Crippen LogP contribution < -0.4 is 0 Å². The van der Waals surface area contributed by atoms with E-state index in [1.807, 2.05) is 6.92 Å². The summed E-state index contributed by atoms with van der Waals surface area (Å²) in [5, 5.41) is 18.8. The number of carboxylic acid groups (broad SMARTS) is 1. The summed E-state index contributed by atoms with van der Waals surface area (Å²) in [4.78, 5) is 25.8. The number of rotatable bonds is 3. The molecule has 1 aliphatic carbocycles. The third-order valence-electron chi connectivity index (χ3n) is 4.80. The van der Waals surface area contributed by atoms with E-state index in [1.165, 1.54) is 0 Å². The van der Waals surface area contributed by atoms with E-state index in [0.717, 1.165) is 25.7 Å². The number of carbonyl (C=O) groups is 2. The van der Waals surface area contributed by atoms with Crippen molar-refractivity contribution < 1.29 is 19.8 Å². The Bertz CT molecular complexity index is 371. The molecule has 0 aromatic rings. The Hall–Kier alpha value is -1.10. The molecule has 0 aromatic carbocycles. The van der Waals surface area contributed by atoms with E-state index in [2.05, 4.69) is 0 Å². The molecule has 0 aromatic heterocycles. The SMILES string of the molecule is CC1CC(C(=O)O)C(C(=O)N2CCCCCC2CO)C1. The van der Waals surface area contributed by atoms with Gasteiger partial charge in [0.25, 0.3) is 0 Å². The first-order chi connectivity index (χ1) is 9.54. The average molecular weight is 283 g/mol. The largest absolute Gasteiger partial charge is 0.481 e. The highest BCUT2D eigenvalue weighted by atomic mass is 16.4. The van der Waals surface area contributed by atoms with Crippen LogP contribution >= 0.6 is 0 Å². The lowest BCUT2D eigenvalue weighted by atomic mass is 9.94. The van der Waals surface area contributed by atoms with Gasteiger partial charge in [-0.05, 0) is 31.6 Å². The molecule has 2 rings (SSSR count). The lowest BCUT2D eigenvalue weighted by molar-refractivity contribution is -0.150. The van der Waals surface area contributed by atoms with Crippen molar-refractivity contribution in [1.82, 2.24) is 4.90 Å². The smallest absolute Gasteiger partial charge is 0.307 e. The molecule has 4 unspecified atom stereocenters. The monoisotopic (exact) mass is 283 g/mol. The fraction of sp³-hybridized carbons (Fsp3) is 0.867. The van der Waals surface area contributed by atoms with E-state index in [-0.39, 0.29) is 24.5 Å². The van der Waals surface area contributed by atoms with Crippen LogP contribution in [0.1, 0.15) is 45.4 Å². The van der Waals surface area contributed by atoms with Crippen LogP contribution in [0.3, 0.4) is 0 Å². The minimum Gasteiger partial charge on any atom is -0.481 e. The van der Waals surface area contributed by atoms with Crippen molar-refractivity contribution in [3.05, 3.63) is 0 Å². The second-order valence-corrected chi connectivity index (χ2v) is 6.35. The Labute approximate surface area is 120 Å². The van der Waals surface area contributed by atoms with E-state index in [0.29, 0.717) is 19.4 Å². The van der Waals surface area contributed by atoms with Crippen molar-refractivity contribution in [2.45, 2.75) is 51.5 Å². The number of aliphatic hydroxyl groups is 1. The third kappa shape index (κ3) is 3.14. The topological polar surface area (TPSA) is 77.8 Å². The summed E-state index contributed by atoms with van der Waals surface area (Å²) >= 11 is 0. The minimum absolute atomic E-state index is 0.0221. The summed E-state index contributed by atoms with van der Waals surface area (Å²) in [6.45, 7) is 2.64. The summed E-state index contributed by atoms with van der Waals surface area (Å²) in [5.74, 6) is -1.59. The molecule has 5 nitrogen and oxygen atoms in total. The minimum atomic E-state index is -0.858. The summed E-state index contributed by atoms with van der Waals surface area (Å²) in [6.07, 6.45) is 5.11. The first-order valence-electron chi connectivity index (χ1n) is 7.68. The lowest BCUT2D eigenvalue weighted by Crippen LogP contribution is -2.46. The maximum absolute atomic E-state index is 12.7. The van der Waals surface area contributed by atoms with Crippen LogP contribution in [0, 0.1) is 17.8 Å². The summed E-state index contributed by atoms with van der Waals surface area (Å²) in [5.41, 5.74) is 0. The molecule has 114 valence electrons. The zero-order valence-electron chi connectivity index (χ0n) is 12.1. The molecule has 5 heteroatoms. The Kier molecular flexibility index (Phi) is 5.02. The van der Waals surface area contributed by atoms with Gasteiger partial charge in [-0.3, -0.25) is 9.59 Å². The molecule has 0 bridgehead atoms. The highest BCUT2D eigenvalue weighted by molar-refractivity contribution is 5.85. The van der Waals surface area contributed by atoms with E-state index in [9.17, 15) is 19.8 Å². The van der Waals surface area contributed by atoms with Gasteiger partial charge in [-0.1, -0.05) is 19.8 Å². The first kappa shape index (κ1) is 15.3. The number of nitrogens with zero attached hydrogens (tertiary/aromatic N) is 1. The number of carboxylic acids is 1. The van der Waals surface area contributed by atoms with Crippen LogP contribution in [0.5, 0.6) is 0 Å². The molecule has 1 aliphatic heterocycles. The van der Waals surface area contributed by atoms with Gasteiger partial charge in [0.15, 0.2) is 0 Å². The number of aliphatic carboxylic acids is 1. The van der Waals surface area contributed by atoms with Gasteiger partial charge in [-0.2, -0.15) is 0 Å². The molecule has 0 spiro atoms. The number of aliphatic hydroxyl groups excluding tert-OH is 1. The van der Waals surface area contributed by atoms with E-state index >= 15 is 0 Å². The number of hydrogen-bond acceptors (Lipinski definition) is 3. The van der Waals surface area contributed by atoms with Gasteiger partial charge in [0.2, 0.25) is 5.91 Å². The average Bonchev–Trinajstić information content (AvgIpc) is 2.67. The first-order valence-corrected chi connectivity index (χ1v) is 7.68. The van der Waals surface area contributed by atoms with E-state index in [1.54, 1.807) is 4.90 Å². The zero-order valence-corrected chi connectivity index (χ0v) is 12.1. The molecule has 1 heterocycles. The molecule has 20 heavy (non-hydrogen) atoms. The van der Waals surface area contributed by atoms with Crippen LogP contribution in [0.2, 0.25) is 0 Å². The maximum atomic E-state index is 12.7.